The number of fused-ring (bicyclic) bond motifs is 1. The van der Waals surface area contributed by atoms with Gasteiger partial charge in [0.05, 0.1) is 28.0 Å². The summed E-state index contributed by atoms with van der Waals surface area (Å²) in [6, 6.07) is 3.59. The van der Waals surface area contributed by atoms with Crippen molar-refractivity contribution in [3.8, 4) is 0 Å². The van der Waals surface area contributed by atoms with Crippen LogP contribution < -0.4 is 5.32 Å². The minimum absolute atomic E-state index is 0.641. The van der Waals surface area contributed by atoms with Crippen LogP contribution >= 0.6 is 34.5 Å². The molecule has 0 amide bonds. The average Bonchev–Trinajstić information content (AvgIpc) is 2.90. The molecule has 2 aromatic rings. The van der Waals surface area contributed by atoms with E-state index in [-0.39, 0.29) is 0 Å². The zero-order valence-corrected chi connectivity index (χ0v) is 13.2. The van der Waals surface area contributed by atoms with E-state index in [1.807, 2.05) is 6.07 Å². The van der Waals surface area contributed by atoms with Crippen molar-refractivity contribution in [1.29, 1.82) is 0 Å². The predicted molar refractivity (Wildman–Crippen MR) is 85.4 cm³/mol. The lowest BCUT2D eigenvalue weighted by Crippen LogP contribution is -2.38. The predicted octanol–water partition coefficient (Wildman–Crippen LogP) is 3.35. The lowest BCUT2D eigenvalue weighted by molar-refractivity contribution is 0.0398. The molecule has 0 bridgehead atoms. The number of halogens is 2. The Bertz CT molecular complexity index is 560. The van der Waals surface area contributed by atoms with E-state index in [0.29, 0.717) is 10.0 Å². The van der Waals surface area contributed by atoms with Crippen molar-refractivity contribution in [3.63, 3.8) is 0 Å². The van der Waals surface area contributed by atoms with Crippen LogP contribution in [0.25, 0.3) is 10.2 Å². The van der Waals surface area contributed by atoms with E-state index in [4.69, 9.17) is 27.9 Å². The molecule has 0 radical (unpaired) electrons. The summed E-state index contributed by atoms with van der Waals surface area (Å²) < 4.78 is 6.27. The van der Waals surface area contributed by atoms with Crippen LogP contribution in [0, 0.1) is 0 Å². The molecule has 2 heterocycles. The van der Waals surface area contributed by atoms with Crippen LogP contribution in [0.15, 0.2) is 12.1 Å². The topological polar surface area (TPSA) is 37.4 Å². The highest BCUT2D eigenvalue weighted by molar-refractivity contribution is 7.22. The smallest absolute Gasteiger partial charge is 0.183 e. The molecule has 0 saturated carbocycles. The molecule has 0 aliphatic carbocycles. The normalized spacial score (nSPS) is 16.7. The van der Waals surface area contributed by atoms with Gasteiger partial charge in [0.25, 0.3) is 0 Å². The van der Waals surface area contributed by atoms with Gasteiger partial charge in [0, 0.05) is 26.2 Å². The van der Waals surface area contributed by atoms with Gasteiger partial charge in [-0.2, -0.15) is 0 Å². The van der Waals surface area contributed by atoms with Gasteiger partial charge in [-0.15, -0.1) is 0 Å². The molecule has 0 atom stereocenters. The van der Waals surface area contributed by atoms with E-state index >= 15 is 0 Å². The minimum Gasteiger partial charge on any atom is -0.379 e. The summed E-state index contributed by atoms with van der Waals surface area (Å²) in [6.07, 6.45) is 0. The Morgan fingerprint density at radius 3 is 2.75 bits per heavy atom. The Morgan fingerprint density at radius 1 is 1.25 bits per heavy atom. The lowest BCUT2D eigenvalue weighted by atomic mass is 10.3. The number of ether oxygens (including phenoxy) is 1. The number of rotatable bonds is 4. The van der Waals surface area contributed by atoms with Gasteiger partial charge in [-0.1, -0.05) is 34.5 Å². The third-order valence-corrected chi connectivity index (χ3v) is 5.03. The fraction of sp³-hybridized carbons (Fsp3) is 0.462. The van der Waals surface area contributed by atoms with E-state index in [1.54, 1.807) is 17.4 Å². The number of morpholine rings is 1. The maximum atomic E-state index is 6.16. The van der Waals surface area contributed by atoms with Gasteiger partial charge in [0.15, 0.2) is 5.13 Å². The third-order valence-electron chi connectivity index (χ3n) is 3.25. The minimum atomic E-state index is 0.641. The molecule has 1 saturated heterocycles. The van der Waals surface area contributed by atoms with Crippen molar-refractivity contribution in [2.75, 3.05) is 44.7 Å². The fourth-order valence-electron chi connectivity index (χ4n) is 2.17. The third kappa shape index (κ3) is 3.18. The Morgan fingerprint density at radius 2 is 2.00 bits per heavy atom. The van der Waals surface area contributed by atoms with Crippen LogP contribution in [-0.2, 0) is 4.74 Å². The van der Waals surface area contributed by atoms with Gasteiger partial charge in [0.2, 0.25) is 0 Å². The maximum Gasteiger partial charge on any atom is 0.183 e. The number of nitrogens with one attached hydrogen (secondary N) is 1. The van der Waals surface area contributed by atoms with Crippen molar-refractivity contribution in [3.05, 3.63) is 22.2 Å². The average molecular weight is 332 g/mol. The molecule has 1 aromatic heterocycles. The number of aromatic nitrogens is 1. The summed E-state index contributed by atoms with van der Waals surface area (Å²) in [5.41, 5.74) is 0.776. The fourth-order valence-corrected chi connectivity index (χ4v) is 3.61. The summed E-state index contributed by atoms with van der Waals surface area (Å²) in [5.74, 6) is 0. The Balaban J connectivity index is 1.63. The van der Waals surface area contributed by atoms with Gasteiger partial charge >= 0.3 is 0 Å². The van der Waals surface area contributed by atoms with Crippen LogP contribution in [-0.4, -0.2) is 49.3 Å². The van der Waals surface area contributed by atoms with Crippen LogP contribution in [0.5, 0.6) is 0 Å². The molecule has 1 aliphatic heterocycles. The zero-order chi connectivity index (χ0) is 13.9. The Kier molecular flexibility index (Phi) is 4.63. The second-order valence-electron chi connectivity index (χ2n) is 4.61. The van der Waals surface area contributed by atoms with Crippen LogP contribution in [0.2, 0.25) is 10.0 Å². The molecular weight excluding hydrogens is 317 g/mol. The highest BCUT2D eigenvalue weighted by Crippen LogP contribution is 2.35. The number of anilines is 1. The summed E-state index contributed by atoms with van der Waals surface area (Å²) in [5, 5.41) is 5.55. The molecular formula is C13H15Cl2N3OS. The second-order valence-corrected chi connectivity index (χ2v) is 6.42. The molecule has 4 nitrogen and oxygen atoms in total. The highest BCUT2D eigenvalue weighted by atomic mass is 35.5. The van der Waals surface area contributed by atoms with Crippen molar-refractivity contribution in [2.24, 2.45) is 0 Å². The van der Waals surface area contributed by atoms with Crippen molar-refractivity contribution in [1.82, 2.24) is 9.88 Å². The standard InChI is InChI=1S/C13H15Cl2N3OS/c14-9-1-2-10(15)12-11(9)17-13(20-12)16-3-4-18-5-7-19-8-6-18/h1-2H,3-8H2,(H,16,17). The maximum absolute atomic E-state index is 6.16. The SMILES string of the molecule is Clc1ccc(Cl)c2sc(NCCN3CCOCC3)nc12. The molecule has 0 spiro atoms. The van der Waals surface area contributed by atoms with Gasteiger partial charge in [0.1, 0.15) is 5.52 Å². The second kappa shape index (κ2) is 6.45. The van der Waals surface area contributed by atoms with E-state index in [2.05, 4.69) is 15.2 Å². The largest absolute Gasteiger partial charge is 0.379 e. The van der Waals surface area contributed by atoms with Crippen LogP contribution in [0.1, 0.15) is 0 Å². The van der Waals surface area contributed by atoms with Crippen LogP contribution in [0.4, 0.5) is 5.13 Å². The Hall–Kier alpha value is -0.590. The van der Waals surface area contributed by atoms with Gasteiger partial charge in [-0.05, 0) is 12.1 Å². The first-order valence-corrected chi connectivity index (χ1v) is 8.10. The first-order valence-electron chi connectivity index (χ1n) is 6.52. The highest BCUT2D eigenvalue weighted by Gasteiger charge is 2.12. The summed E-state index contributed by atoms with van der Waals surface area (Å²) in [7, 11) is 0. The number of hydrogen-bond donors (Lipinski definition) is 1. The number of hydrogen-bond acceptors (Lipinski definition) is 5. The van der Waals surface area contributed by atoms with Gasteiger partial charge in [-0.3, -0.25) is 4.90 Å². The van der Waals surface area contributed by atoms with Crippen molar-refractivity contribution >= 4 is 49.9 Å². The molecule has 108 valence electrons. The Labute approximate surface area is 131 Å². The molecule has 3 rings (SSSR count). The molecule has 7 heteroatoms. The van der Waals surface area contributed by atoms with Gasteiger partial charge < -0.3 is 10.1 Å². The molecule has 0 unspecified atom stereocenters. The molecule has 1 fully saturated rings. The quantitative estimate of drug-likeness (QED) is 0.932. The first-order chi connectivity index (χ1) is 9.74. The van der Waals surface area contributed by atoms with Crippen molar-refractivity contribution < 1.29 is 4.74 Å². The van der Waals surface area contributed by atoms with E-state index in [1.165, 1.54) is 0 Å². The van der Waals surface area contributed by atoms with E-state index in [0.717, 1.165) is 54.7 Å². The van der Waals surface area contributed by atoms with Gasteiger partial charge in [-0.25, -0.2) is 4.98 Å². The van der Waals surface area contributed by atoms with Crippen molar-refractivity contribution in [2.45, 2.75) is 0 Å². The molecule has 1 aliphatic rings. The molecule has 1 N–H and O–H groups in total. The van der Waals surface area contributed by atoms with E-state index in [9.17, 15) is 0 Å². The lowest BCUT2D eigenvalue weighted by Gasteiger charge is -2.26. The molecule has 20 heavy (non-hydrogen) atoms. The summed E-state index contributed by atoms with van der Waals surface area (Å²) >= 11 is 13.8. The molecule has 1 aromatic carbocycles. The number of benzene rings is 1. The first kappa shape index (κ1) is 14.4. The van der Waals surface area contributed by atoms with E-state index < -0.39 is 0 Å². The monoisotopic (exact) mass is 331 g/mol. The zero-order valence-electron chi connectivity index (χ0n) is 10.9. The number of nitrogens with zero attached hydrogens (tertiary/aromatic N) is 2. The number of thiazole rings is 1. The summed E-state index contributed by atoms with van der Waals surface area (Å²) in [6.45, 7) is 5.49. The van der Waals surface area contributed by atoms with Crippen LogP contribution in [0.3, 0.4) is 0 Å². The summed E-state index contributed by atoms with van der Waals surface area (Å²) in [4.78, 5) is 6.88.